The van der Waals surface area contributed by atoms with E-state index >= 15 is 0 Å². The summed E-state index contributed by atoms with van der Waals surface area (Å²) in [6, 6.07) is 1.94. The highest BCUT2D eigenvalue weighted by atomic mass is 32.1. The van der Waals surface area contributed by atoms with Crippen LogP contribution in [-0.2, 0) is 17.5 Å². The maximum Gasteiger partial charge on any atom is 0.425 e. The average Bonchev–Trinajstić information content (AvgIpc) is 2.93. The molecule has 19 heavy (non-hydrogen) atoms. The van der Waals surface area contributed by atoms with Gasteiger partial charge in [-0.2, -0.15) is 13.2 Å². The van der Waals surface area contributed by atoms with E-state index in [1.54, 1.807) is 6.92 Å². The number of nitrogens with zero attached hydrogens (tertiary/aromatic N) is 1. The standard InChI is InChI=1S/C11H8F3NO3S/c1-6-7(15-5-18-6)4-17-10(16)8-2-3-9(19-8)11(12,13)14/h2-3,5H,4H2,1H3. The number of halogens is 3. The largest absolute Gasteiger partial charge is 0.455 e. The van der Waals surface area contributed by atoms with Gasteiger partial charge >= 0.3 is 12.1 Å². The van der Waals surface area contributed by atoms with Gasteiger partial charge in [-0.25, -0.2) is 9.78 Å². The second kappa shape index (κ2) is 5.04. The van der Waals surface area contributed by atoms with Crippen LogP contribution in [0.5, 0.6) is 0 Å². The number of aryl methyl sites for hydroxylation is 1. The zero-order chi connectivity index (χ0) is 14.0. The van der Waals surface area contributed by atoms with E-state index in [0.29, 0.717) is 22.8 Å². The monoisotopic (exact) mass is 291 g/mol. The van der Waals surface area contributed by atoms with Crippen molar-refractivity contribution in [1.82, 2.24) is 4.98 Å². The van der Waals surface area contributed by atoms with Crippen molar-refractivity contribution in [1.29, 1.82) is 0 Å². The molecule has 0 fully saturated rings. The Morgan fingerprint density at radius 3 is 2.74 bits per heavy atom. The number of esters is 1. The van der Waals surface area contributed by atoms with Crippen LogP contribution in [0, 0.1) is 6.92 Å². The molecule has 0 bridgehead atoms. The van der Waals surface area contributed by atoms with Gasteiger partial charge in [0.05, 0.1) is 0 Å². The number of hydrogen-bond donors (Lipinski definition) is 0. The highest BCUT2D eigenvalue weighted by Crippen LogP contribution is 2.34. The normalized spacial score (nSPS) is 11.6. The molecule has 0 saturated carbocycles. The molecule has 4 nitrogen and oxygen atoms in total. The van der Waals surface area contributed by atoms with Crippen molar-refractivity contribution in [2.75, 3.05) is 0 Å². The molecule has 0 radical (unpaired) electrons. The first-order valence-corrected chi connectivity index (χ1v) is 5.92. The summed E-state index contributed by atoms with van der Waals surface area (Å²) in [5.74, 6) is -0.321. The average molecular weight is 291 g/mol. The second-order valence-corrected chi connectivity index (χ2v) is 4.68. The summed E-state index contributed by atoms with van der Waals surface area (Å²) in [6.45, 7) is 1.50. The SMILES string of the molecule is Cc1ocnc1COC(=O)c1ccc(C(F)(F)F)s1. The van der Waals surface area contributed by atoms with Gasteiger partial charge in [-0.15, -0.1) is 11.3 Å². The topological polar surface area (TPSA) is 52.3 Å². The molecule has 2 heterocycles. The number of rotatable bonds is 3. The lowest BCUT2D eigenvalue weighted by atomic mass is 10.4. The fourth-order valence-electron chi connectivity index (χ4n) is 1.27. The molecule has 0 saturated heterocycles. The van der Waals surface area contributed by atoms with E-state index in [4.69, 9.17) is 9.15 Å². The minimum absolute atomic E-state index is 0.103. The Kier molecular flexibility index (Phi) is 3.61. The number of ether oxygens (including phenoxy) is 1. The Labute approximate surface area is 109 Å². The van der Waals surface area contributed by atoms with E-state index < -0.39 is 17.0 Å². The lowest BCUT2D eigenvalue weighted by Gasteiger charge is -2.02. The van der Waals surface area contributed by atoms with Gasteiger partial charge in [0.25, 0.3) is 0 Å². The van der Waals surface area contributed by atoms with E-state index in [1.165, 1.54) is 6.39 Å². The predicted molar refractivity (Wildman–Crippen MR) is 59.7 cm³/mol. The highest BCUT2D eigenvalue weighted by molar-refractivity contribution is 7.14. The lowest BCUT2D eigenvalue weighted by molar-refractivity contribution is -0.134. The molecule has 2 aromatic rings. The minimum atomic E-state index is -4.45. The molecule has 0 atom stereocenters. The Hall–Kier alpha value is -1.83. The lowest BCUT2D eigenvalue weighted by Crippen LogP contribution is -2.04. The number of carbonyl (C=O) groups is 1. The quantitative estimate of drug-likeness (QED) is 0.813. The molecular formula is C11H8F3NO3S. The fraction of sp³-hybridized carbons (Fsp3) is 0.273. The summed E-state index contributed by atoms with van der Waals surface area (Å²) < 4.78 is 46.9. The van der Waals surface area contributed by atoms with Crippen LogP contribution in [-0.4, -0.2) is 11.0 Å². The molecule has 8 heteroatoms. The minimum Gasteiger partial charge on any atom is -0.455 e. The van der Waals surface area contributed by atoms with Crippen molar-refractivity contribution < 1.29 is 27.1 Å². The van der Waals surface area contributed by atoms with Crippen molar-refractivity contribution in [3.63, 3.8) is 0 Å². The molecular weight excluding hydrogens is 283 g/mol. The van der Waals surface area contributed by atoms with Gasteiger partial charge in [0.2, 0.25) is 0 Å². The van der Waals surface area contributed by atoms with E-state index in [1.807, 2.05) is 0 Å². The first kappa shape index (κ1) is 13.6. The number of thiophene rings is 1. The van der Waals surface area contributed by atoms with E-state index in [2.05, 4.69) is 4.98 Å². The van der Waals surface area contributed by atoms with Crippen LogP contribution in [0.1, 0.15) is 26.0 Å². The van der Waals surface area contributed by atoms with Crippen LogP contribution in [0.25, 0.3) is 0 Å². The third-order valence-corrected chi connectivity index (χ3v) is 3.38. The summed E-state index contributed by atoms with van der Waals surface area (Å²) in [7, 11) is 0. The number of aromatic nitrogens is 1. The van der Waals surface area contributed by atoms with Crippen molar-refractivity contribution in [2.24, 2.45) is 0 Å². The van der Waals surface area contributed by atoms with E-state index in [0.717, 1.165) is 12.1 Å². The molecule has 2 aromatic heterocycles. The second-order valence-electron chi connectivity index (χ2n) is 3.59. The molecule has 0 unspecified atom stereocenters. The summed E-state index contributed by atoms with van der Waals surface area (Å²) in [4.78, 5) is 14.4. The Morgan fingerprint density at radius 2 is 2.21 bits per heavy atom. The van der Waals surface area contributed by atoms with Crippen LogP contribution in [0.15, 0.2) is 22.9 Å². The number of alkyl halides is 3. The van der Waals surface area contributed by atoms with Crippen molar-refractivity contribution in [2.45, 2.75) is 19.7 Å². The maximum atomic E-state index is 12.4. The van der Waals surface area contributed by atoms with E-state index in [9.17, 15) is 18.0 Å². The molecule has 2 rings (SSSR count). The molecule has 0 spiro atoms. The number of oxazole rings is 1. The third-order valence-electron chi connectivity index (χ3n) is 2.27. The van der Waals surface area contributed by atoms with Gasteiger partial charge in [0.1, 0.15) is 27.8 Å². The van der Waals surface area contributed by atoms with Gasteiger partial charge in [-0.1, -0.05) is 0 Å². The van der Waals surface area contributed by atoms with Gasteiger partial charge in [0, 0.05) is 0 Å². The van der Waals surface area contributed by atoms with Crippen LogP contribution in [0.2, 0.25) is 0 Å². The predicted octanol–water partition coefficient (Wildman–Crippen LogP) is 3.42. The van der Waals surface area contributed by atoms with E-state index in [-0.39, 0.29) is 11.5 Å². The zero-order valence-corrected chi connectivity index (χ0v) is 10.5. The molecule has 0 aromatic carbocycles. The highest BCUT2D eigenvalue weighted by Gasteiger charge is 2.33. The summed E-state index contributed by atoms with van der Waals surface area (Å²) in [6.07, 6.45) is -3.25. The first-order valence-electron chi connectivity index (χ1n) is 5.11. The Morgan fingerprint density at radius 1 is 1.47 bits per heavy atom. The molecule has 0 aliphatic carbocycles. The summed E-state index contributed by atoms with van der Waals surface area (Å²) in [5.41, 5.74) is 0.431. The molecule has 0 aliphatic heterocycles. The van der Waals surface area contributed by atoms with Crippen LogP contribution in [0.4, 0.5) is 13.2 Å². The smallest absolute Gasteiger partial charge is 0.425 e. The van der Waals surface area contributed by atoms with Gasteiger partial charge in [-0.05, 0) is 19.1 Å². The van der Waals surface area contributed by atoms with Gasteiger partial charge in [-0.3, -0.25) is 0 Å². The molecule has 0 amide bonds. The van der Waals surface area contributed by atoms with Gasteiger partial charge < -0.3 is 9.15 Å². The Balaban J connectivity index is 2.01. The van der Waals surface area contributed by atoms with Crippen molar-refractivity contribution >= 4 is 17.3 Å². The number of carbonyl (C=O) groups excluding carboxylic acids is 1. The maximum absolute atomic E-state index is 12.4. The number of hydrogen-bond acceptors (Lipinski definition) is 5. The van der Waals surface area contributed by atoms with Gasteiger partial charge in [0.15, 0.2) is 6.39 Å². The Bertz CT molecular complexity index is 588. The van der Waals surface area contributed by atoms with Crippen LogP contribution >= 0.6 is 11.3 Å². The summed E-state index contributed by atoms with van der Waals surface area (Å²) >= 11 is 0.346. The van der Waals surface area contributed by atoms with Crippen LogP contribution in [0.3, 0.4) is 0 Å². The third kappa shape index (κ3) is 3.14. The fourth-order valence-corrected chi connectivity index (χ4v) is 2.04. The van der Waals surface area contributed by atoms with Crippen molar-refractivity contribution in [3.8, 4) is 0 Å². The van der Waals surface area contributed by atoms with Crippen LogP contribution < -0.4 is 0 Å². The van der Waals surface area contributed by atoms with Crippen molar-refractivity contribution in [3.05, 3.63) is 39.7 Å². The molecule has 0 aliphatic rings. The zero-order valence-electron chi connectivity index (χ0n) is 9.65. The molecule has 0 N–H and O–H groups in total. The summed E-state index contributed by atoms with van der Waals surface area (Å²) in [5, 5.41) is 0. The first-order chi connectivity index (χ1) is 8.88. The molecule has 102 valence electrons.